The second-order valence-corrected chi connectivity index (χ2v) is 6.42. The molecule has 1 aliphatic rings. The van der Waals surface area contributed by atoms with Gasteiger partial charge in [-0.1, -0.05) is 0 Å². The van der Waals surface area contributed by atoms with E-state index in [0.717, 1.165) is 6.54 Å². The first kappa shape index (κ1) is 13.7. The van der Waals surface area contributed by atoms with E-state index in [9.17, 15) is 0 Å². The molecule has 1 aliphatic heterocycles. The molecule has 1 aromatic heterocycles. The third kappa shape index (κ3) is 3.62. The van der Waals surface area contributed by atoms with Crippen molar-refractivity contribution in [3.63, 3.8) is 0 Å². The van der Waals surface area contributed by atoms with Gasteiger partial charge in [0.05, 0.1) is 6.61 Å². The average molecular weight is 289 g/mol. The Balaban J connectivity index is 2.00. The summed E-state index contributed by atoms with van der Waals surface area (Å²) in [6.07, 6.45) is 2.48. The fraction of sp³-hybridized carbons (Fsp3) is 0.727. The van der Waals surface area contributed by atoms with E-state index in [4.69, 9.17) is 16.3 Å². The van der Waals surface area contributed by atoms with Crippen molar-refractivity contribution in [1.29, 1.82) is 0 Å². The predicted octanol–water partition coefficient (Wildman–Crippen LogP) is 2.62. The third-order valence-electron chi connectivity index (χ3n) is 2.78. The Morgan fingerprint density at radius 3 is 2.94 bits per heavy atom. The predicted molar refractivity (Wildman–Crippen MR) is 74.6 cm³/mol. The van der Waals surface area contributed by atoms with Crippen LogP contribution < -0.4 is 10.1 Å². The lowest BCUT2D eigenvalue weighted by molar-refractivity contribution is 0.312. The molecule has 1 unspecified atom stereocenters. The monoisotopic (exact) mass is 288 g/mol. The molecule has 0 amide bonds. The van der Waals surface area contributed by atoms with Crippen LogP contribution in [0, 0.1) is 0 Å². The van der Waals surface area contributed by atoms with Crippen LogP contribution in [-0.4, -0.2) is 38.6 Å². The van der Waals surface area contributed by atoms with Gasteiger partial charge in [0.25, 0.3) is 0 Å². The molecule has 2 heterocycles. The van der Waals surface area contributed by atoms with Crippen LogP contribution >= 0.6 is 23.4 Å². The van der Waals surface area contributed by atoms with E-state index in [-0.39, 0.29) is 16.0 Å². The van der Waals surface area contributed by atoms with Gasteiger partial charge >= 0.3 is 6.01 Å². The highest BCUT2D eigenvalue weighted by Crippen LogP contribution is 2.37. The minimum absolute atomic E-state index is 0.153. The summed E-state index contributed by atoms with van der Waals surface area (Å²) in [5, 5.41) is 3.37. The second kappa shape index (κ2) is 5.93. The van der Waals surface area contributed by atoms with Gasteiger partial charge in [0.1, 0.15) is 0 Å². The molecule has 1 aromatic rings. The van der Waals surface area contributed by atoms with Gasteiger partial charge in [-0.2, -0.15) is 26.7 Å². The number of hydrogen-bond donors (Lipinski definition) is 1. The molecule has 0 spiro atoms. The number of anilines is 1. The maximum Gasteiger partial charge on any atom is 0.322 e. The van der Waals surface area contributed by atoms with Crippen molar-refractivity contribution in [1.82, 2.24) is 15.0 Å². The van der Waals surface area contributed by atoms with Crippen LogP contribution in [0.5, 0.6) is 6.01 Å². The highest BCUT2D eigenvalue weighted by molar-refractivity contribution is 8.00. The molecule has 7 heteroatoms. The summed E-state index contributed by atoms with van der Waals surface area (Å²) in [6.45, 7) is 5.46. The number of aromatic nitrogens is 3. The molecule has 0 bridgehead atoms. The zero-order valence-corrected chi connectivity index (χ0v) is 12.1. The average Bonchev–Trinajstić information content (AvgIpc) is 2.74. The molecule has 18 heavy (non-hydrogen) atoms. The largest absolute Gasteiger partial charge is 0.464 e. The van der Waals surface area contributed by atoms with Crippen molar-refractivity contribution < 1.29 is 4.74 Å². The molecular weight excluding hydrogens is 272 g/mol. The van der Waals surface area contributed by atoms with Crippen LogP contribution in [0.3, 0.4) is 0 Å². The molecule has 5 nitrogen and oxygen atoms in total. The Morgan fingerprint density at radius 1 is 1.44 bits per heavy atom. The molecule has 1 fully saturated rings. The number of nitrogens with zero attached hydrogens (tertiary/aromatic N) is 3. The highest BCUT2D eigenvalue weighted by atomic mass is 35.5. The molecule has 0 radical (unpaired) electrons. The van der Waals surface area contributed by atoms with Gasteiger partial charge in [0.2, 0.25) is 11.2 Å². The molecule has 100 valence electrons. The highest BCUT2D eigenvalue weighted by Gasteiger charge is 2.29. The number of ether oxygens (including phenoxy) is 1. The van der Waals surface area contributed by atoms with Gasteiger partial charge in [-0.3, -0.25) is 0 Å². The number of halogens is 1. The Hall–Kier alpha value is -0.750. The minimum atomic E-state index is 0.153. The molecule has 0 aliphatic carbocycles. The quantitative estimate of drug-likeness (QED) is 0.899. The van der Waals surface area contributed by atoms with E-state index >= 15 is 0 Å². The number of hydrogen-bond acceptors (Lipinski definition) is 6. The summed E-state index contributed by atoms with van der Waals surface area (Å²) in [7, 11) is 0. The molecular formula is C11H17ClN4OS. The maximum absolute atomic E-state index is 5.83. The van der Waals surface area contributed by atoms with Crippen LogP contribution in [0.2, 0.25) is 5.28 Å². The van der Waals surface area contributed by atoms with Gasteiger partial charge in [-0.05, 0) is 44.0 Å². The molecule has 0 aromatic carbocycles. The van der Waals surface area contributed by atoms with Gasteiger partial charge in [0, 0.05) is 11.3 Å². The van der Waals surface area contributed by atoms with E-state index in [1.165, 1.54) is 18.6 Å². The first-order valence-corrected chi connectivity index (χ1v) is 7.40. The molecule has 1 N–H and O–H groups in total. The van der Waals surface area contributed by atoms with Gasteiger partial charge in [-0.25, -0.2) is 0 Å². The lowest BCUT2D eigenvalue weighted by Crippen LogP contribution is -2.27. The molecule has 0 saturated carbocycles. The van der Waals surface area contributed by atoms with Gasteiger partial charge < -0.3 is 10.1 Å². The summed E-state index contributed by atoms with van der Waals surface area (Å²) in [5.74, 6) is 1.70. The van der Waals surface area contributed by atoms with Crippen molar-refractivity contribution in [2.24, 2.45) is 0 Å². The summed E-state index contributed by atoms with van der Waals surface area (Å²) in [6, 6.07) is 0.268. The summed E-state index contributed by atoms with van der Waals surface area (Å²) >= 11 is 7.81. The van der Waals surface area contributed by atoms with Gasteiger partial charge in [-0.15, -0.1) is 0 Å². The van der Waals surface area contributed by atoms with Crippen molar-refractivity contribution in [3.05, 3.63) is 5.28 Å². The fourth-order valence-corrected chi connectivity index (χ4v) is 3.24. The maximum atomic E-state index is 5.83. The van der Waals surface area contributed by atoms with E-state index in [1.807, 2.05) is 18.7 Å². The third-order valence-corrected chi connectivity index (χ3v) is 4.49. The SMILES string of the molecule is CCOc1nc(Cl)nc(NCC2(C)CCCS2)n1. The number of rotatable bonds is 5. The topological polar surface area (TPSA) is 59.9 Å². The van der Waals surface area contributed by atoms with Crippen molar-refractivity contribution in [3.8, 4) is 6.01 Å². The first-order chi connectivity index (χ1) is 8.61. The molecule has 1 saturated heterocycles. The van der Waals surface area contributed by atoms with Crippen LogP contribution in [0.15, 0.2) is 0 Å². The summed E-state index contributed by atoms with van der Waals surface area (Å²) in [4.78, 5) is 12.1. The lowest BCUT2D eigenvalue weighted by Gasteiger charge is -2.22. The lowest BCUT2D eigenvalue weighted by atomic mass is 10.1. The van der Waals surface area contributed by atoms with Crippen molar-refractivity contribution >= 4 is 29.3 Å². The number of thioether (sulfide) groups is 1. The van der Waals surface area contributed by atoms with Crippen LogP contribution in [0.25, 0.3) is 0 Å². The standard InChI is InChI=1S/C11H17ClN4OS/c1-3-17-10-15-8(12)14-9(16-10)13-7-11(2)5-4-6-18-11/h3-7H2,1-2H3,(H,13,14,15,16). The zero-order valence-electron chi connectivity index (χ0n) is 10.6. The van der Waals surface area contributed by atoms with E-state index in [2.05, 4.69) is 27.2 Å². The van der Waals surface area contributed by atoms with Crippen LogP contribution in [-0.2, 0) is 0 Å². The van der Waals surface area contributed by atoms with Crippen LogP contribution in [0.1, 0.15) is 26.7 Å². The van der Waals surface area contributed by atoms with Gasteiger partial charge in [0.15, 0.2) is 0 Å². The van der Waals surface area contributed by atoms with E-state index in [1.54, 1.807) is 0 Å². The van der Waals surface area contributed by atoms with E-state index < -0.39 is 0 Å². The summed E-state index contributed by atoms with van der Waals surface area (Å²) < 4.78 is 5.49. The minimum Gasteiger partial charge on any atom is -0.464 e. The van der Waals surface area contributed by atoms with Crippen LogP contribution in [0.4, 0.5) is 5.95 Å². The molecule has 1 atom stereocenters. The normalized spacial score (nSPS) is 23.1. The number of nitrogens with one attached hydrogen (secondary N) is 1. The smallest absolute Gasteiger partial charge is 0.322 e. The Kier molecular flexibility index (Phi) is 4.50. The fourth-order valence-electron chi connectivity index (χ4n) is 1.85. The first-order valence-electron chi connectivity index (χ1n) is 6.03. The van der Waals surface area contributed by atoms with Crippen molar-refractivity contribution in [2.75, 3.05) is 24.2 Å². The Labute approximate surface area is 116 Å². The second-order valence-electron chi connectivity index (χ2n) is 4.40. The Morgan fingerprint density at radius 2 is 2.28 bits per heavy atom. The zero-order chi connectivity index (χ0) is 13.0. The van der Waals surface area contributed by atoms with E-state index in [0.29, 0.717) is 12.6 Å². The van der Waals surface area contributed by atoms with Crippen molar-refractivity contribution in [2.45, 2.75) is 31.4 Å². The summed E-state index contributed by atoms with van der Waals surface area (Å²) in [5.41, 5.74) is 0. The molecule has 2 rings (SSSR count). The Bertz CT molecular complexity index is 412.